The third-order valence-corrected chi connectivity index (χ3v) is 6.07. The number of nitrogens with zero attached hydrogens (tertiary/aromatic N) is 1. The molecule has 4 rings (SSSR count). The Bertz CT molecular complexity index is 1210. The zero-order valence-corrected chi connectivity index (χ0v) is 18.7. The molecule has 0 atom stereocenters. The number of carbonyl (C=O) groups is 4. The maximum absolute atomic E-state index is 12.3. The van der Waals surface area contributed by atoms with Crippen molar-refractivity contribution >= 4 is 52.7 Å². The van der Waals surface area contributed by atoms with Gasteiger partial charge in [-0.05, 0) is 48.5 Å². The van der Waals surface area contributed by atoms with E-state index in [1.165, 1.54) is 23.9 Å². The van der Waals surface area contributed by atoms with Gasteiger partial charge < -0.3 is 10.1 Å². The fourth-order valence-electron chi connectivity index (χ4n) is 3.18. The molecule has 0 saturated carbocycles. The van der Waals surface area contributed by atoms with Crippen LogP contribution >= 0.6 is 23.4 Å². The molecule has 1 aliphatic rings. The summed E-state index contributed by atoms with van der Waals surface area (Å²) in [6, 6.07) is 20.8. The fraction of sp³-hybridized carbons (Fsp3) is 0.0833. The van der Waals surface area contributed by atoms with Crippen LogP contribution in [0.25, 0.3) is 0 Å². The highest BCUT2D eigenvalue weighted by molar-refractivity contribution is 7.99. The zero-order valence-electron chi connectivity index (χ0n) is 17.1. The van der Waals surface area contributed by atoms with Gasteiger partial charge in [-0.1, -0.05) is 47.6 Å². The molecule has 0 unspecified atom stereocenters. The molecule has 9 heteroatoms. The van der Waals surface area contributed by atoms with Gasteiger partial charge in [0.1, 0.15) is 6.54 Å². The van der Waals surface area contributed by atoms with Gasteiger partial charge in [0.05, 0.1) is 16.8 Å². The van der Waals surface area contributed by atoms with Crippen LogP contribution < -0.4 is 5.32 Å². The number of hydrogen-bond donors (Lipinski definition) is 1. The number of ether oxygens (including phenoxy) is 1. The smallest absolute Gasteiger partial charge is 0.326 e. The van der Waals surface area contributed by atoms with Crippen LogP contribution in [-0.2, 0) is 14.3 Å². The first-order valence-electron chi connectivity index (χ1n) is 9.85. The molecule has 0 radical (unpaired) electrons. The first kappa shape index (κ1) is 22.6. The van der Waals surface area contributed by atoms with E-state index in [0.29, 0.717) is 10.7 Å². The highest BCUT2D eigenvalue weighted by Gasteiger charge is 2.36. The number of halogens is 1. The van der Waals surface area contributed by atoms with Gasteiger partial charge in [-0.2, -0.15) is 0 Å². The molecule has 1 heterocycles. The molecule has 0 spiro atoms. The number of carbonyl (C=O) groups excluding carboxylic acids is 4. The van der Waals surface area contributed by atoms with Gasteiger partial charge in [-0.3, -0.25) is 24.1 Å². The Morgan fingerprint density at radius 1 is 0.879 bits per heavy atom. The molecule has 33 heavy (non-hydrogen) atoms. The van der Waals surface area contributed by atoms with Crippen molar-refractivity contribution in [1.29, 1.82) is 0 Å². The highest BCUT2D eigenvalue weighted by Crippen LogP contribution is 2.33. The van der Waals surface area contributed by atoms with Gasteiger partial charge >= 0.3 is 5.97 Å². The first-order chi connectivity index (χ1) is 15.9. The molecule has 0 aliphatic carbocycles. The Morgan fingerprint density at radius 2 is 1.48 bits per heavy atom. The second-order valence-corrected chi connectivity index (χ2v) is 8.55. The number of hydrogen-bond acceptors (Lipinski definition) is 6. The van der Waals surface area contributed by atoms with Crippen molar-refractivity contribution in [3.8, 4) is 0 Å². The molecular formula is C24H17ClN2O5S. The summed E-state index contributed by atoms with van der Waals surface area (Å²) in [6.45, 7) is -1.12. The normalized spacial score (nSPS) is 12.5. The lowest BCUT2D eigenvalue weighted by molar-refractivity contribution is -0.147. The van der Waals surface area contributed by atoms with E-state index < -0.39 is 36.8 Å². The van der Waals surface area contributed by atoms with Crippen molar-refractivity contribution in [2.24, 2.45) is 0 Å². The van der Waals surface area contributed by atoms with Gasteiger partial charge in [-0.25, -0.2) is 0 Å². The highest BCUT2D eigenvalue weighted by atomic mass is 35.5. The number of esters is 1. The van der Waals surface area contributed by atoms with Crippen molar-refractivity contribution in [1.82, 2.24) is 4.90 Å². The second kappa shape index (κ2) is 9.89. The van der Waals surface area contributed by atoms with Gasteiger partial charge in [0.15, 0.2) is 6.61 Å². The number of rotatable bonds is 7. The first-order valence-corrected chi connectivity index (χ1v) is 11.0. The fourth-order valence-corrected chi connectivity index (χ4v) is 4.21. The number of benzene rings is 3. The van der Waals surface area contributed by atoms with E-state index in [4.69, 9.17) is 16.3 Å². The molecule has 166 valence electrons. The number of amides is 3. The standard InChI is InChI=1S/C24H17ClN2O5S/c25-15-9-11-16(12-10-15)33-20-8-4-3-7-19(20)26-21(28)14-32-22(29)13-27-23(30)17-5-1-2-6-18(17)24(27)31/h1-12H,13-14H2,(H,26,28). The molecule has 1 aliphatic heterocycles. The molecule has 0 bridgehead atoms. The topological polar surface area (TPSA) is 92.8 Å². The molecule has 0 aromatic heterocycles. The van der Waals surface area contributed by atoms with Crippen molar-refractivity contribution in [3.63, 3.8) is 0 Å². The number of para-hydroxylation sites is 1. The van der Waals surface area contributed by atoms with Crippen LogP contribution in [0, 0.1) is 0 Å². The number of anilines is 1. The molecule has 1 N–H and O–H groups in total. The van der Waals surface area contributed by atoms with Crippen LogP contribution in [-0.4, -0.2) is 41.7 Å². The summed E-state index contributed by atoms with van der Waals surface area (Å²) < 4.78 is 4.99. The molecule has 3 amide bonds. The van der Waals surface area contributed by atoms with Gasteiger partial charge in [-0.15, -0.1) is 0 Å². The summed E-state index contributed by atoms with van der Waals surface area (Å²) in [4.78, 5) is 51.7. The van der Waals surface area contributed by atoms with Crippen LogP contribution in [0.2, 0.25) is 5.02 Å². The Balaban J connectivity index is 1.32. The van der Waals surface area contributed by atoms with Crippen molar-refractivity contribution in [2.45, 2.75) is 9.79 Å². The predicted octanol–water partition coefficient (Wildman–Crippen LogP) is 4.27. The Morgan fingerprint density at radius 3 is 2.15 bits per heavy atom. The van der Waals surface area contributed by atoms with E-state index in [1.54, 1.807) is 36.4 Å². The van der Waals surface area contributed by atoms with Gasteiger partial charge in [0.2, 0.25) is 0 Å². The summed E-state index contributed by atoms with van der Waals surface area (Å²) in [5, 5.41) is 3.34. The van der Waals surface area contributed by atoms with E-state index in [0.717, 1.165) is 14.7 Å². The number of fused-ring (bicyclic) bond motifs is 1. The second-order valence-electron chi connectivity index (χ2n) is 7.00. The van der Waals surface area contributed by atoms with Crippen molar-refractivity contribution < 1.29 is 23.9 Å². The van der Waals surface area contributed by atoms with E-state index >= 15 is 0 Å². The van der Waals surface area contributed by atoms with Crippen LogP contribution in [0.3, 0.4) is 0 Å². The summed E-state index contributed by atoms with van der Waals surface area (Å²) >= 11 is 7.36. The summed E-state index contributed by atoms with van der Waals surface area (Å²) in [5.41, 5.74) is 1.03. The lowest BCUT2D eigenvalue weighted by atomic mass is 10.1. The minimum Gasteiger partial charge on any atom is -0.454 e. The molecule has 3 aromatic rings. The third-order valence-electron chi connectivity index (χ3n) is 4.73. The average molecular weight is 481 g/mol. The largest absolute Gasteiger partial charge is 0.454 e. The van der Waals surface area contributed by atoms with Gasteiger partial charge in [0, 0.05) is 14.8 Å². The average Bonchev–Trinajstić information content (AvgIpc) is 3.05. The monoisotopic (exact) mass is 480 g/mol. The Kier molecular flexibility index (Phi) is 6.76. The van der Waals surface area contributed by atoms with E-state index in [-0.39, 0.29) is 11.1 Å². The SMILES string of the molecule is O=C(COC(=O)CN1C(=O)c2ccccc2C1=O)Nc1ccccc1Sc1ccc(Cl)cc1. The minimum atomic E-state index is -0.858. The third kappa shape index (κ3) is 5.24. The van der Waals surface area contributed by atoms with Crippen LogP contribution in [0.15, 0.2) is 82.6 Å². The maximum Gasteiger partial charge on any atom is 0.326 e. The Hall–Kier alpha value is -3.62. The quantitative estimate of drug-likeness (QED) is 0.401. The number of imide groups is 1. The summed E-state index contributed by atoms with van der Waals surface area (Å²) in [5.74, 6) is -2.53. The molecule has 0 saturated heterocycles. The van der Waals surface area contributed by atoms with E-state index in [2.05, 4.69) is 5.32 Å². The van der Waals surface area contributed by atoms with Crippen molar-refractivity contribution in [2.75, 3.05) is 18.5 Å². The predicted molar refractivity (Wildman–Crippen MR) is 123 cm³/mol. The molecule has 7 nitrogen and oxygen atoms in total. The van der Waals surface area contributed by atoms with Crippen LogP contribution in [0.1, 0.15) is 20.7 Å². The summed E-state index contributed by atoms with van der Waals surface area (Å²) in [6.07, 6.45) is 0. The van der Waals surface area contributed by atoms with Crippen molar-refractivity contribution in [3.05, 3.63) is 88.9 Å². The minimum absolute atomic E-state index is 0.239. The molecular weight excluding hydrogens is 464 g/mol. The van der Waals surface area contributed by atoms with Crippen LogP contribution in [0.5, 0.6) is 0 Å². The summed E-state index contributed by atoms with van der Waals surface area (Å²) in [7, 11) is 0. The maximum atomic E-state index is 12.3. The Labute approximate surface area is 198 Å². The lowest BCUT2D eigenvalue weighted by Gasteiger charge is -2.14. The lowest BCUT2D eigenvalue weighted by Crippen LogP contribution is -2.36. The van der Waals surface area contributed by atoms with Gasteiger partial charge in [0.25, 0.3) is 17.7 Å². The zero-order chi connectivity index (χ0) is 23.4. The molecule has 0 fully saturated rings. The number of nitrogens with one attached hydrogen (secondary N) is 1. The van der Waals surface area contributed by atoms with E-state index in [9.17, 15) is 19.2 Å². The molecule has 3 aromatic carbocycles. The van der Waals surface area contributed by atoms with E-state index in [1.807, 2.05) is 24.3 Å². The van der Waals surface area contributed by atoms with Crippen LogP contribution in [0.4, 0.5) is 5.69 Å².